The standard InChI is InChI=1S/C19H20N4O2/c1-15-13-17(7-8-18(15)23(24)25)21-14-19-20-10-12-22(19)11-9-16-5-3-2-4-6-16/h2-8,10,12-13,21H,9,11,14H2,1H3. The number of nitro groups is 1. The Morgan fingerprint density at radius 2 is 2.00 bits per heavy atom. The summed E-state index contributed by atoms with van der Waals surface area (Å²) in [6.45, 7) is 3.17. The van der Waals surface area contributed by atoms with Crippen molar-refractivity contribution in [3.63, 3.8) is 0 Å². The van der Waals surface area contributed by atoms with Crippen LogP contribution in [0.1, 0.15) is 17.0 Å². The Morgan fingerprint density at radius 3 is 2.72 bits per heavy atom. The number of anilines is 1. The van der Waals surface area contributed by atoms with E-state index in [-0.39, 0.29) is 10.6 Å². The molecule has 0 amide bonds. The van der Waals surface area contributed by atoms with Crippen LogP contribution in [0.15, 0.2) is 60.9 Å². The van der Waals surface area contributed by atoms with Gasteiger partial charge in [-0.1, -0.05) is 30.3 Å². The Balaban J connectivity index is 1.62. The Hall–Kier alpha value is -3.15. The first kappa shape index (κ1) is 16.7. The highest BCUT2D eigenvalue weighted by Crippen LogP contribution is 2.21. The first-order chi connectivity index (χ1) is 12.1. The Labute approximate surface area is 146 Å². The molecule has 0 spiro atoms. The number of nitrogens with zero attached hydrogens (tertiary/aromatic N) is 3. The van der Waals surface area contributed by atoms with Crippen molar-refractivity contribution in [2.24, 2.45) is 0 Å². The number of nitrogens with one attached hydrogen (secondary N) is 1. The summed E-state index contributed by atoms with van der Waals surface area (Å²) < 4.78 is 2.12. The fraction of sp³-hybridized carbons (Fsp3) is 0.211. The molecule has 0 radical (unpaired) electrons. The molecule has 6 heteroatoms. The van der Waals surface area contributed by atoms with E-state index in [9.17, 15) is 10.1 Å². The smallest absolute Gasteiger partial charge is 0.272 e. The van der Waals surface area contributed by atoms with Gasteiger partial charge in [0.05, 0.1) is 11.5 Å². The van der Waals surface area contributed by atoms with Crippen LogP contribution in [0.4, 0.5) is 11.4 Å². The van der Waals surface area contributed by atoms with Crippen LogP contribution in [0.3, 0.4) is 0 Å². The number of nitro benzene ring substituents is 1. The molecule has 3 rings (SSSR count). The van der Waals surface area contributed by atoms with Crippen molar-refractivity contribution >= 4 is 11.4 Å². The van der Waals surface area contributed by atoms with Gasteiger partial charge in [0.2, 0.25) is 0 Å². The average Bonchev–Trinajstić information content (AvgIpc) is 3.06. The average molecular weight is 336 g/mol. The molecule has 0 aliphatic heterocycles. The zero-order valence-electron chi connectivity index (χ0n) is 14.1. The van der Waals surface area contributed by atoms with Gasteiger partial charge in [-0.25, -0.2) is 4.98 Å². The lowest BCUT2D eigenvalue weighted by Gasteiger charge is -2.10. The molecule has 0 aliphatic carbocycles. The van der Waals surface area contributed by atoms with E-state index >= 15 is 0 Å². The van der Waals surface area contributed by atoms with Crippen molar-refractivity contribution in [1.29, 1.82) is 0 Å². The lowest BCUT2D eigenvalue weighted by Crippen LogP contribution is -2.10. The fourth-order valence-corrected chi connectivity index (χ4v) is 2.76. The molecular formula is C19H20N4O2. The highest BCUT2D eigenvalue weighted by molar-refractivity contribution is 5.53. The van der Waals surface area contributed by atoms with E-state index in [0.717, 1.165) is 24.5 Å². The predicted molar refractivity (Wildman–Crippen MR) is 97.5 cm³/mol. The number of aryl methyl sites for hydroxylation is 3. The summed E-state index contributed by atoms with van der Waals surface area (Å²) in [5.74, 6) is 0.937. The van der Waals surface area contributed by atoms with Crippen LogP contribution < -0.4 is 5.32 Å². The van der Waals surface area contributed by atoms with E-state index in [1.54, 1.807) is 25.3 Å². The molecule has 1 heterocycles. The second-order valence-electron chi connectivity index (χ2n) is 5.88. The minimum atomic E-state index is -0.366. The van der Waals surface area contributed by atoms with Crippen LogP contribution in [0, 0.1) is 17.0 Å². The van der Waals surface area contributed by atoms with Gasteiger partial charge in [-0.15, -0.1) is 0 Å². The number of imidazole rings is 1. The van der Waals surface area contributed by atoms with Gasteiger partial charge < -0.3 is 9.88 Å². The van der Waals surface area contributed by atoms with Gasteiger partial charge >= 0.3 is 0 Å². The third-order valence-electron chi connectivity index (χ3n) is 4.13. The third kappa shape index (κ3) is 4.23. The van der Waals surface area contributed by atoms with E-state index in [0.29, 0.717) is 12.1 Å². The molecule has 0 saturated carbocycles. The normalized spacial score (nSPS) is 10.6. The van der Waals surface area contributed by atoms with E-state index in [1.165, 1.54) is 11.6 Å². The Kier molecular flexibility index (Phi) is 5.09. The van der Waals surface area contributed by atoms with Crippen molar-refractivity contribution in [3.05, 3.63) is 88.0 Å². The van der Waals surface area contributed by atoms with E-state index in [4.69, 9.17) is 0 Å². The van der Waals surface area contributed by atoms with Crippen LogP contribution >= 0.6 is 0 Å². The lowest BCUT2D eigenvalue weighted by molar-refractivity contribution is -0.385. The molecule has 0 aliphatic rings. The second kappa shape index (κ2) is 7.61. The molecule has 0 unspecified atom stereocenters. The van der Waals surface area contributed by atoms with E-state index in [2.05, 4.69) is 27.0 Å². The molecule has 1 aromatic heterocycles. The van der Waals surface area contributed by atoms with Gasteiger partial charge in [0, 0.05) is 36.3 Å². The van der Waals surface area contributed by atoms with Crippen molar-refractivity contribution in [1.82, 2.24) is 9.55 Å². The maximum Gasteiger partial charge on any atom is 0.272 e. The van der Waals surface area contributed by atoms with Gasteiger partial charge in [0.25, 0.3) is 5.69 Å². The molecular weight excluding hydrogens is 316 g/mol. The van der Waals surface area contributed by atoms with Crippen LogP contribution in [-0.4, -0.2) is 14.5 Å². The van der Waals surface area contributed by atoms with Gasteiger partial charge in [-0.2, -0.15) is 0 Å². The summed E-state index contributed by atoms with van der Waals surface area (Å²) in [7, 11) is 0. The monoisotopic (exact) mass is 336 g/mol. The zero-order chi connectivity index (χ0) is 17.6. The van der Waals surface area contributed by atoms with Gasteiger partial charge in [-0.3, -0.25) is 10.1 Å². The topological polar surface area (TPSA) is 73.0 Å². The lowest BCUT2D eigenvalue weighted by atomic mass is 10.1. The molecule has 0 saturated heterocycles. The molecule has 0 bridgehead atoms. The highest BCUT2D eigenvalue weighted by Gasteiger charge is 2.10. The molecule has 6 nitrogen and oxygen atoms in total. The summed E-state index contributed by atoms with van der Waals surface area (Å²) in [5, 5.41) is 14.2. The summed E-state index contributed by atoms with van der Waals surface area (Å²) in [5.41, 5.74) is 2.92. The van der Waals surface area contributed by atoms with Crippen molar-refractivity contribution in [2.75, 3.05) is 5.32 Å². The SMILES string of the molecule is Cc1cc(NCc2nccn2CCc2ccccc2)ccc1[N+](=O)[O-]. The summed E-state index contributed by atoms with van der Waals surface area (Å²) in [6.07, 6.45) is 4.71. The quantitative estimate of drug-likeness (QED) is 0.524. The predicted octanol–water partition coefficient (Wildman–Crippen LogP) is 3.95. The minimum Gasteiger partial charge on any atom is -0.378 e. The molecule has 0 atom stereocenters. The van der Waals surface area contributed by atoms with Crippen molar-refractivity contribution in [3.8, 4) is 0 Å². The maximum atomic E-state index is 10.9. The van der Waals surface area contributed by atoms with Gasteiger partial charge in [-0.05, 0) is 31.0 Å². The molecule has 0 fully saturated rings. The Morgan fingerprint density at radius 1 is 1.20 bits per heavy atom. The number of hydrogen-bond acceptors (Lipinski definition) is 4. The van der Waals surface area contributed by atoms with E-state index in [1.807, 2.05) is 24.4 Å². The summed E-state index contributed by atoms with van der Waals surface area (Å²) in [6, 6.07) is 15.4. The van der Waals surface area contributed by atoms with Crippen LogP contribution in [0.5, 0.6) is 0 Å². The largest absolute Gasteiger partial charge is 0.378 e. The number of hydrogen-bond donors (Lipinski definition) is 1. The van der Waals surface area contributed by atoms with Gasteiger partial charge in [0.15, 0.2) is 0 Å². The van der Waals surface area contributed by atoms with Crippen LogP contribution in [-0.2, 0) is 19.5 Å². The first-order valence-corrected chi connectivity index (χ1v) is 8.16. The van der Waals surface area contributed by atoms with Crippen LogP contribution in [0.25, 0.3) is 0 Å². The van der Waals surface area contributed by atoms with Crippen molar-refractivity contribution in [2.45, 2.75) is 26.4 Å². The highest BCUT2D eigenvalue weighted by atomic mass is 16.6. The molecule has 3 aromatic rings. The maximum absolute atomic E-state index is 10.9. The fourth-order valence-electron chi connectivity index (χ4n) is 2.76. The van der Waals surface area contributed by atoms with Crippen LogP contribution in [0.2, 0.25) is 0 Å². The number of rotatable bonds is 7. The molecule has 1 N–H and O–H groups in total. The second-order valence-corrected chi connectivity index (χ2v) is 5.88. The molecule has 128 valence electrons. The number of benzene rings is 2. The Bertz CT molecular complexity index is 859. The summed E-state index contributed by atoms with van der Waals surface area (Å²) >= 11 is 0. The van der Waals surface area contributed by atoms with E-state index < -0.39 is 0 Å². The van der Waals surface area contributed by atoms with Crippen molar-refractivity contribution < 1.29 is 4.92 Å². The third-order valence-corrected chi connectivity index (χ3v) is 4.13. The zero-order valence-corrected chi connectivity index (χ0v) is 14.1. The molecule has 25 heavy (non-hydrogen) atoms. The molecule has 2 aromatic carbocycles. The van der Waals surface area contributed by atoms with Gasteiger partial charge in [0.1, 0.15) is 5.82 Å². The number of aromatic nitrogens is 2. The first-order valence-electron chi connectivity index (χ1n) is 8.16. The minimum absolute atomic E-state index is 0.134. The summed E-state index contributed by atoms with van der Waals surface area (Å²) in [4.78, 5) is 14.9.